The third kappa shape index (κ3) is 5.24. The number of pyridine rings is 1. The predicted molar refractivity (Wildman–Crippen MR) is 156 cm³/mol. The van der Waals surface area contributed by atoms with E-state index >= 15 is 0 Å². The fourth-order valence-electron chi connectivity index (χ4n) is 5.12. The maximum Gasteiger partial charge on any atom is 0.264 e. The summed E-state index contributed by atoms with van der Waals surface area (Å²) in [6.07, 6.45) is 3.59. The number of ketones is 1. The highest BCUT2D eigenvalue weighted by Crippen LogP contribution is 2.39. The summed E-state index contributed by atoms with van der Waals surface area (Å²) in [5.74, 6) is -0.822. The van der Waals surface area contributed by atoms with Crippen LogP contribution in [-0.2, 0) is 28.3 Å². The van der Waals surface area contributed by atoms with Crippen LogP contribution in [0.2, 0.25) is 0 Å². The molecule has 6 rings (SSSR count). The summed E-state index contributed by atoms with van der Waals surface area (Å²) < 4.78 is 41.5. The topological polar surface area (TPSA) is 117 Å². The number of benzene rings is 3. The quantitative estimate of drug-likeness (QED) is 0.265. The Morgan fingerprint density at radius 1 is 0.976 bits per heavy atom. The second-order valence-corrected chi connectivity index (χ2v) is 11.9. The van der Waals surface area contributed by atoms with Crippen molar-refractivity contribution in [3.63, 3.8) is 0 Å². The minimum atomic E-state index is -4.16. The number of ether oxygens (including phenoxy) is 2. The normalized spacial score (nSPS) is 13.2. The maximum atomic E-state index is 13.9. The van der Waals surface area contributed by atoms with Crippen LogP contribution in [0.4, 0.5) is 0 Å². The number of nitrogens with one attached hydrogen (secondary N) is 1. The molecule has 0 saturated heterocycles. The Hall–Kier alpha value is -4.96. The molecule has 3 heterocycles. The van der Waals surface area contributed by atoms with E-state index in [1.807, 2.05) is 24.6 Å². The molecule has 1 N–H and O–H groups in total. The summed E-state index contributed by atoms with van der Waals surface area (Å²) in [7, 11) is -2.34. The van der Waals surface area contributed by atoms with E-state index in [2.05, 4.69) is 9.71 Å². The Morgan fingerprint density at radius 3 is 2.52 bits per heavy atom. The van der Waals surface area contributed by atoms with E-state index in [0.29, 0.717) is 39.3 Å². The number of carbonyl (C=O) groups excluding carboxylic acids is 2. The van der Waals surface area contributed by atoms with Gasteiger partial charge in [-0.25, -0.2) is 13.1 Å². The van der Waals surface area contributed by atoms with Gasteiger partial charge in [0, 0.05) is 41.6 Å². The number of aromatic nitrogens is 2. The third-order valence-electron chi connectivity index (χ3n) is 7.28. The van der Waals surface area contributed by atoms with Crippen LogP contribution in [0.15, 0.2) is 96.2 Å². The maximum absolute atomic E-state index is 13.9. The zero-order valence-electron chi connectivity index (χ0n) is 22.9. The van der Waals surface area contributed by atoms with E-state index in [9.17, 15) is 18.0 Å². The van der Waals surface area contributed by atoms with Gasteiger partial charge in [0.05, 0.1) is 17.2 Å². The minimum absolute atomic E-state index is 0.0140. The van der Waals surface area contributed by atoms with Gasteiger partial charge in [0.2, 0.25) is 12.7 Å². The lowest BCUT2D eigenvalue weighted by Gasteiger charge is -2.18. The number of hydrogen-bond donors (Lipinski definition) is 1. The molecule has 1 aliphatic rings. The van der Waals surface area contributed by atoms with Crippen molar-refractivity contribution in [2.75, 3.05) is 6.79 Å². The second-order valence-electron chi connectivity index (χ2n) is 10.2. The van der Waals surface area contributed by atoms with E-state index in [-0.39, 0.29) is 23.9 Å². The van der Waals surface area contributed by atoms with E-state index in [0.717, 1.165) is 11.1 Å². The van der Waals surface area contributed by atoms with Crippen molar-refractivity contribution in [1.82, 2.24) is 14.3 Å². The Labute approximate surface area is 242 Å². The molecule has 0 radical (unpaired) electrons. The van der Waals surface area contributed by atoms with Gasteiger partial charge < -0.3 is 14.0 Å². The number of hydrogen-bond acceptors (Lipinski definition) is 7. The summed E-state index contributed by atoms with van der Waals surface area (Å²) in [5, 5.41) is 0.706. The van der Waals surface area contributed by atoms with E-state index in [1.54, 1.807) is 73.1 Å². The fourth-order valence-corrected chi connectivity index (χ4v) is 6.12. The lowest BCUT2D eigenvalue weighted by Crippen LogP contribution is -2.35. The molecule has 1 atom stereocenters. The first-order valence-corrected chi connectivity index (χ1v) is 14.7. The number of carbonyl (C=O) groups is 2. The van der Waals surface area contributed by atoms with Gasteiger partial charge in [-0.05, 0) is 60.5 Å². The molecule has 42 heavy (non-hydrogen) atoms. The monoisotopic (exact) mass is 581 g/mol. The predicted octanol–water partition coefficient (Wildman–Crippen LogP) is 4.67. The molecule has 1 aliphatic heterocycles. The van der Waals surface area contributed by atoms with E-state index in [1.165, 1.54) is 12.1 Å². The van der Waals surface area contributed by atoms with Crippen LogP contribution in [-0.4, -0.2) is 36.5 Å². The van der Waals surface area contributed by atoms with Gasteiger partial charge >= 0.3 is 0 Å². The molecule has 0 fully saturated rings. The molecule has 0 spiro atoms. The molecular formula is C32H27N3O6S. The molecule has 1 amide bonds. The smallest absolute Gasteiger partial charge is 0.264 e. The highest BCUT2D eigenvalue weighted by molar-refractivity contribution is 7.90. The van der Waals surface area contributed by atoms with Crippen LogP contribution in [0.5, 0.6) is 11.5 Å². The molecule has 0 bridgehead atoms. The molecule has 2 aromatic heterocycles. The number of nitrogens with zero attached hydrogens (tertiary/aromatic N) is 2. The van der Waals surface area contributed by atoms with Crippen LogP contribution in [0, 0.1) is 6.92 Å². The number of aryl methyl sites for hydroxylation is 2. The van der Waals surface area contributed by atoms with Gasteiger partial charge in [-0.2, -0.15) is 0 Å². The summed E-state index contributed by atoms with van der Waals surface area (Å²) >= 11 is 0. The first-order chi connectivity index (χ1) is 20.2. The zero-order chi connectivity index (χ0) is 29.4. The Morgan fingerprint density at radius 2 is 1.76 bits per heavy atom. The summed E-state index contributed by atoms with van der Waals surface area (Å²) in [6, 6.07) is 22.1. The lowest BCUT2D eigenvalue weighted by atomic mass is 9.89. The van der Waals surface area contributed by atoms with Crippen molar-refractivity contribution in [3.05, 3.63) is 119 Å². The van der Waals surface area contributed by atoms with Crippen molar-refractivity contribution in [3.8, 4) is 11.5 Å². The second kappa shape index (κ2) is 10.8. The number of Topliss-reactive ketones (excluding diaryl/α,β-unsaturated/α-hetero) is 1. The highest BCUT2D eigenvalue weighted by Gasteiger charge is 2.31. The Bertz CT molecular complexity index is 1930. The van der Waals surface area contributed by atoms with Crippen molar-refractivity contribution in [2.24, 2.45) is 7.05 Å². The number of sulfonamides is 1. The number of fused-ring (bicyclic) bond motifs is 2. The van der Waals surface area contributed by atoms with Crippen LogP contribution in [0.3, 0.4) is 0 Å². The summed E-state index contributed by atoms with van der Waals surface area (Å²) in [5.41, 5.74) is 3.89. The number of amides is 1. The first kappa shape index (κ1) is 27.2. The summed E-state index contributed by atoms with van der Waals surface area (Å²) in [4.78, 5) is 31.2. The van der Waals surface area contributed by atoms with Crippen LogP contribution in [0.25, 0.3) is 10.9 Å². The highest BCUT2D eigenvalue weighted by atomic mass is 32.2. The van der Waals surface area contributed by atoms with Gasteiger partial charge in [-0.3, -0.25) is 14.6 Å². The molecule has 3 aromatic carbocycles. The van der Waals surface area contributed by atoms with Gasteiger partial charge in [0.1, 0.15) is 0 Å². The Balaban J connectivity index is 1.40. The van der Waals surface area contributed by atoms with E-state index in [4.69, 9.17) is 9.47 Å². The largest absolute Gasteiger partial charge is 0.454 e. The van der Waals surface area contributed by atoms with E-state index < -0.39 is 21.8 Å². The minimum Gasteiger partial charge on any atom is -0.454 e. The summed E-state index contributed by atoms with van der Waals surface area (Å²) in [6.45, 7) is 1.91. The molecule has 9 nitrogen and oxygen atoms in total. The lowest BCUT2D eigenvalue weighted by molar-refractivity contribution is -0.119. The average molecular weight is 582 g/mol. The molecule has 10 heteroatoms. The first-order valence-electron chi connectivity index (χ1n) is 13.2. The average Bonchev–Trinajstić information content (AvgIpc) is 3.57. The molecule has 212 valence electrons. The van der Waals surface area contributed by atoms with Crippen molar-refractivity contribution < 1.29 is 27.5 Å². The van der Waals surface area contributed by atoms with Gasteiger partial charge in [-0.15, -0.1) is 0 Å². The van der Waals surface area contributed by atoms with Crippen LogP contribution >= 0.6 is 0 Å². The standard InChI is InChI=1S/C32H27N3O6S/c1-20-6-10-24(11-7-20)42(38,39)34-32(37)31(22-9-13-29-30(16-22)41-19-40-29)26-18-35(2)27-15-21(8-12-25(26)27)28(36)17-23-5-3-4-14-33-23/h3-16,18,31H,17,19H2,1-2H3,(H,34,37). The Kier molecular flexibility index (Phi) is 6.99. The molecule has 0 aliphatic carbocycles. The number of rotatable bonds is 8. The van der Waals surface area contributed by atoms with Crippen LogP contribution < -0.4 is 14.2 Å². The van der Waals surface area contributed by atoms with Crippen molar-refractivity contribution in [2.45, 2.75) is 24.2 Å². The van der Waals surface area contributed by atoms with Crippen molar-refractivity contribution >= 4 is 32.6 Å². The fraction of sp³-hybridized carbons (Fsp3) is 0.156. The zero-order valence-corrected chi connectivity index (χ0v) is 23.7. The van der Waals surface area contributed by atoms with Gasteiger partial charge in [0.25, 0.3) is 10.0 Å². The van der Waals surface area contributed by atoms with Gasteiger partial charge in [-0.1, -0.05) is 42.0 Å². The molecule has 0 saturated carbocycles. The van der Waals surface area contributed by atoms with Crippen LogP contribution in [0.1, 0.15) is 38.7 Å². The molecule has 1 unspecified atom stereocenters. The third-order valence-corrected chi connectivity index (χ3v) is 8.64. The van der Waals surface area contributed by atoms with Gasteiger partial charge in [0.15, 0.2) is 17.3 Å². The molecule has 5 aromatic rings. The molecular weight excluding hydrogens is 554 g/mol. The van der Waals surface area contributed by atoms with Crippen molar-refractivity contribution in [1.29, 1.82) is 0 Å². The SMILES string of the molecule is Cc1ccc(S(=O)(=O)NC(=O)C(c2ccc3c(c2)OCO3)c2cn(C)c3cc(C(=O)Cc4ccccn4)ccc23)cc1.